The molecule has 4 rings (SSSR count). The predicted octanol–water partition coefficient (Wildman–Crippen LogP) is 2.88. The number of hydrogen-bond acceptors (Lipinski definition) is 6. The molecule has 1 saturated heterocycles. The number of benzene rings is 1. The van der Waals surface area contributed by atoms with Crippen molar-refractivity contribution in [2.75, 3.05) is 31.6 Å². The number of anilines is 2. The highest BCUT2D eigenvalue weighted by Crippen LogP contribution is 2.20. The van der Waals surface area contributed by atoms with E-state index in [2.05, 4.69) is 30.4 Å². The molecule has 25 heavy (non-hydrogen) atoms. The zero-order chi connectivity index (χ0) is 17.1. The van der Waals surface area contributed by atoms with Gasteiger partial charge < -0.3 is 10.1 Å². The van der Waals surface area contributed by atoms with Gasteiger partial charge in [0.15, 0.2) is 0 Å². The number of ether oxygens (including phenoxy) is 1. The lowest BCUT2D eigenvalue weighted by atomic mass is 10.3. The maximum absolute atomic E-state index is 5.82. The molecular weight excluding hydrogens is 316 g/mol. The first-order valence-electron chi connectivity index (χ1n) is 8.68. The first-order chi connectivity index (χ1) is 12.3. The number of rotatable bonds is 6. The van der Waals surface area contributed by atoms with E-state index < -0.39 is 0 Å². The maximum atomic E-state index is 5.82. The summed E-state index contributed by atoms with van der Waals surface area (Å²) in [5, 5.41) is 10.3. The van der Waals surface area contributed by atoms with Gasteiger partial charge in [-0.15, -0.1) is 0 Å². The van der Waals surface area contributed by atoms with Crippen molar-refractivity contribution in [3.8, 4) is 5.75 Å². The lowest BCUT2D eigenvalue weighted by Gasteiger charge is -2.15. The van der Waals surface area contributed by atoms with Crippen LogP contribution >= 0.6 is 0 Å². The fourth-order valence-corrected chi connectivity index (χ4v) is 3.05. The van der Waals surface area contributed by atoms with Crippen LogP contribution in [0.3, 0.4) is 0 Å². The highest BCUT2D eigenvalue weighted by Gasteiger charge is 2.10. The second-order valence-electron chi connectivity index (χ2n) is 6.32. The molecule has 2 N–H and O–H groups in total. The van der Waals surface area contributed by atoms with Gasteiger partial charge in [-0.25, -0.2) is 9.97 Å². The molecule has 0 saturated carbocycles. The Kier molecular flexibility index (Phi) is 4.47. The largest absolute Gasteiger partial charge is 0.492 e. The minimum atomic E-state index is 0.555. The van der Waals surface area contributed by atoms with Gasteiger partial charge in [0, 0.05) is 12.2 Å². The van der Waals surface area contributed by atoms with Crippen molar-refractivity contribution in [3.05, 3.63) is 36.2 Å². The number of aryl methyl sites for hydroxylation is 1. The Balaban J connectivity index is 1.35. The lowest BCUT2D eigenvalue weighted by molar-refractivity contribution is 0.238. The van der Waals surface area contributed by atoms with E-state index in [0.717, 1.165) is 41.3 Å². The number of aromatic amines is 1. The van der Waals surface area contributed by atoms with Crippen LogP contribution < -0.4 is 10.1 Å². The molecule has 0 spiro atoms. The Morgan fingerprint density at radius 2 is 2.00 bits per heavy atom. The summed E-state index contributed by atoms with van der Waals surface area (Å²) in [6.45, 7) is 6.07. The van der Waals surface area contributed by atoms with E-state index in [-0.39, 0.29) is 0 Å². The normalized spacial score (nSPS) is 14.9. The highest BCUT2D eigenvalue weighted by atomic mass is 16.5. The number of nitrogens with zero attached hydrogens (tertiary/aromatic N) is 4. The molecule has 0 radical (unpaired) electrons. The highest BCUT2D eigenvalue weighted by molar-refractivity contribution is 5.77. The van der Waals surface area contributed by atoms with Crippen LogP contribution in [-0.2, 0) is 0 Å². The molecular formula is C18H22N6O. The quantitative estimate of drug-likeness (QED) is 0.719. The molecule has 0 atom stereocenters. The van der Waals surface area contributed by atoms with Crippen LogP contribution in [0.2, 0.25) is 0 Å². The summed E-state index contributed by atoms with van der Waals surface area (Å²) in [4.78, 5) is 11.2. The average molecular weight is 338 g/mol. The third-order valence-corrected chi connectivity index (χ3v) is 4.45. The van der Waals surface area contributed by atoms with Gasteiger partial charge in [-0.1, -0.05) is 0 Å². The van der Waals surface area contributed by atoms with Crippen molar-refractivity contribution >= 4 is 22.7 Å². The Morgan fingerprint density at radius 3 is 2.80 bits per heavy atom. The van der Waals surface area contributed by atoms with Gasteiger partial charge in [0.1, 0.15) is 23.4 Å². The molecule has 3 aromatic rings. The van der Waals surface area contributed by atoms with Crippen molar-refractivity contribution in [3.63, 3.8) is 0 Å². The van der Waals surface area contributed by atoms with Crippen molar-refractivity contribution in [1.82, 2.24) is 25.1 Å². The summed E-state index contributed by atoms with van der Waals surface area (Å²) in [7, 11) is 0. The van der Waals surface area contributed by atoms with E-state index in [1.165, 1.54) is 25.9 Å². The molecule has 0 aliphatic carbocycles. The van der Waals surface area contributed by atoms with E-state index >= 15 is 0 Å². The monoisotopic (exact) mass is 338 g/mol. The predicted molar refractivity (Wildman–Crippen MR) is 97.3 cm³/mol. The van der Waals surface area contributed by atoms with Crippen molar-refractivity contribution in [1.29, 1.82) is 0 Å². The van der Waals surface area contributed by atoms with E-state index in [1.807, 2.05) is 31.2 Å². The molecule has 130 valence electrons. The maximum Gasteiger partial charge on any atom is 0.227 e. The number of likely N-dealkylation sites (tertiary alicyclic amines) is 1. The molecule has 2 aromatic heterocycles. The number of H-pyrrole nitrogens is 1. The van der Waals surface area contributed by atoms with Gasteiger partial charge in [-0.3, -0.25) is 10.00 Å². The van der Waals surface area contributed by atoms with Crippen LogP contribution in [0.15, 0.2) is 30.5 Å². The van der Waals surface area contributed by atoms with Crippen LogP contribution in [0.1, 0.15) is 18.5 Å². The molecule has 0 amide bonds. The van der Waals surface area contributed by atoms with Crippen molar-refractivity contribution in [2.45, 2.75) is 19.8 Å². The summed E-state index contributed by atoms with van der Waals surface area (Å²) in [5.74, 6) is 1.44. The zero-order valence-corrected chi connectivity index (χ0v) is 14.3. The lowest BCUT2D eigenvalue weighted by Crippen LogP contribution is -2.25. The second-order valence-corrected chi connectivity index (χ2v) is 6.32. The summed E-state index contributed by atoms with van der Waals surface area (Å²) in [6.07, 6.45) is 4.34. The van der Waals surface area contributed by atoms with Gasteiger partial charge in [0.05, 0.1) is 11.9 Å². The average Bonchev–Trinajstić information content (AvgIpc) is 3.27. The molecule has 0 unspecified atom stereocenters. The molecule has 0 bridgehead atoms. The topological polar surface area (TPSA) is 79.0 Å². The van der Waals surface area contributed by atoms with Crippen LogP contribution in [0.4, 0.5) is 11.6 Å². The molecule has 1 aliphatic heterocycles. The van der Waals surface area contributed by atoms with E-state index in [4.69, 9.17) is 4.74 Å². The SMILES string of the molecule is Cc1[nH]nc2cnc(Nc3ccc(OCCN4CCCC4)cc3)nc12. The first kappa shape index (κ1) is 15.8. The number of aromatic nitrogens is 4. The third-order valence-electron chi connectivity index (χ3n) is 4.45. The van der Waals surface area contributed by atoms with Crippen LogP contribution in [0.5, 0.6) is 5.75 Å². The summed E-state index contributed by atoms with van der Waals surface area (Å²) < 4.78 is 5.82. The fourth-order valence-electron chi connectivity index (χ4n) is 3.05. The van der Waals surface area contributed by atoms with Gasteiger partial charge in [0.25, 0.3) is 0 Å². The fraction of sp³-hybridized carbons (Fsp3) is 0.389. The summed E-state index contributed by atoms with van der Waals surface area (Å²) in [5.41, 5.74) is 3.46. The van der Waals surface area contributed by atoms with Crippen LogP contribution in [0, 0.1) is 6.92 Å². The summed E-state index contributed by atoms with van der Waals surface area (Å²) in [6, 6.07) is 7.88. The van der Waals surface area contributed by atoms with Crippen molar-refractivity contribution < 1.29 is 4.74 Å². The van der Waals surface area contributed by atoms with E-state index in [0.29, 0.717) is 5.95 Å². The molecule has 7 heteroatoms. The van der Waals surface area contributed by atoms with Gasteiger partial charge >= 0.3 is 0 Å². The minimum Gasteiger partial charge on any atom is -0.492 e. The summed E-state index contributed by atoms with van der Waals surface area (Å²) >= 11 is 0. The van der Waals surface area contributed by atoms with E-state index in [1.54, 1.807) is 6.20 Å². The standard InChI is InChI=1S/C18H22N6O/c1-13-17-16(23-22-13)12-19-18(21-17)20-14-4-6-15(7-5-14)25-11-10-24-8-2-3-9-24/h4-7,12H,2-3,8-11H2,1H3,(H,22,23)(H,19,20,21). The number of nitrogens with one attached hydrogen (secondary N) is 2. The Labute approximate surface area is 146 Å². The van der Waals surface area contributed by atoms with Crippen LogP contribution in [-0.4, -0.2) is 51.3 Å². The molecule has 3 heterocycles. The number of hydrogen-bond donors (Lipinski definition) is 2. The Bertz CT molecular complexity index is 838. The Hall–Kier alpha value is -2.67. The van der Waals surface area contributed by atoms with Gasteiger partial charge in [-0.2, -0.15) is 5.10 Å². The first-order valence-corrected chi connectivity index (χ1v) is 8.68. The second kappa shape index (κ2) is 7.06. The molecule has 1 aromatic carbocycles. The third kappa shape index (κ3) is 3.71. The number of fused-ring (bicyclic) bond motifs is 1. The van der Waals surface area contributed by atoms with E-state index in [9.17, 15) is 0 Å². The zero-order valence-electron chi connectivity index (χ0n) is 14.3. The molecule has 1 fully saturated rings. The molecule has 7 nitrogen and oxygen atoms in total. The molecule has 1 aliphatic rings. The van der Waals surface area contributed by atoms with Crippen LogP contribution in [0.25, 0.3) is 11.0 Å². The van der Waals surface area contributed by atoms with Gasteiger partial charge in [0.2, 0.25) is 5.95 Å². The minimum absolute atomic E-state index is 0.555. The smallest absolute Gasteiger partial charge is 0.227 e. The van der Waals surface area contributed by atoms with Gasteiger partial charge in [-0.05, 0) is 57.1 Å². The Morgan fingerprint density at radius 1 is 1.20 bits per heavy atom. The van der Waals surface area contributed by atoms with Crippen molar-refractivity contribution in [2.24, 2.45) is 0 Å².